The van der Waals surface area contributed by atoms with Gasteiger partial charge in [0.05, 0.1) is 18.6 Å². The lowest BCUT2D eigenvalue weighted by Crippen LogP contribution is -2.52. The van der Waals surface area contributed by atoms with Gasteiger partial charge in [-0.05, 0) is 69.8 Å². The Hall–Kier alpha value is -1.72. The van der Waals surface area contributed by atoms with Crippen LogP contribution in [0.3, 0.4) is 0 Å². The molecule has 0 radical (unpaired) electrons. The Bertz CT molecular complexity index is 971. The molecule has 2 atom stereocenters. The number of methoxy groups -OCH3 is 1. The number of likely N-dealkylation sites (N-methyl/N-ethyl adjacent to an activating group) is 3. The van der Waals surface area contributed by atoms with E-state index in [1.165, 1.54) is 17.8 Å². The summed E-state index contributed by atoms with van der Waals surface area (Å²) in [7, 11) is 3.45. The molecule has 9 nitrogen and oxygen atoms in total. The molecular weight excluding hydrogens is 480 g/mol. The van der Waals surface area contributed by atoms with Crippen LogP contribution in [0.4, 0.5) is 0 Å². The zero-order valence-electron chi connectivity index (χ0n) is 22.8. The highest BCUT2D eigenvalue weighted by molar-refractivity contribution is 7.89. The van der Waals surface area contributed by atoms with Crippen molar-refractivity contribution in [3.63, 3.8) is 0 Å². The average molecular weight is 525 g/mol. The van der Waals surface area contributed by atoms with Crippen LogP contribution < -0.4 is 4.74 Å². The molecule has 1 aromatic carbocycles. The van der Waals surface area contributed by atoms with Gasteiger partial charge in [0.25, 0.3) is 0 Å². The molecule has 204 valence electrons. The molecule has 1 saturated carbocycles. The zero-order chi connectivity index (χ0) is 26.5. The van der Waals surface area contributed by atoms with Crippen LogP contribution in [0.5, 0.6) is 5.75 Å². The monoisotopic (exact) mass is 524 g/mol. The number of hydrogen-bond acceptors (Lipinski definition) is 7. The van der Waals surface area contributed by atoms with E-state index in [9.17, 15) is 13.2 Å². The van der Waals surface area contributed by atoms with Crippen LogP contribution >= 0.6 is 0 Å². The number of carbonyl (C=O) groups is 1. The number of amides is 1. The fourth-order valence-electron chi connectivity index (χ4n) is 5.38. The first-order valence-corrected chi connectivity index (χ1v) is 14.4. The number of aryl methyl sites for hydroxylation is 2. The molecule has 1 saturated heterocycles. The number of ether oxygens (including phenoxy) is 2. The minimum Gasteiger partial charge on any atom is -0.497 e. The van der Waals surface area contributed by atoms with E-state index in [1.54, 1.807) is 33.1 Å². The van der Waals surface area contributed by atoms with E-state index in [0.717, 1.165) is 45.4 Å². The van der Waals surface area contributed by atoms with Crippen molar-refractivity contribution in [3.05, 3.63) is 23.3 Å². The molecule has 0 bridgehead atoms. The van der Waals surface area contributed by atoms with Crippen molar-refractivity contribution in [2.24, 2.45) is 0 Å². The van der Waals surface area contributed by atoms with Crippen LogP contribution in [0, 0.1) is 13.8 Å². The number of nitrogens with zero attached hydrogens (tertiary/aromatic N) is 4. The summed E-state index contributed by atoms with van der Waals surface area (Å²) in [6.45, 7) is 8.21. The van der Waals surface area contributed by atoms with Gasteiger partial charge in [0.2, 0.25) is 15.9 Å². The normalized spacial score (nSPS) is 22.1. The molecule has 1 amide bonds. The second-order valence-electron chi connectivity index (χ2n) is 10.3. The molecule has 1 heterocycles. The fraction of sp³-hybridized carbons (Fsp3) is 0.731. The minimum atomic E-state index is -3.69. The number of benzene rings is 1. The van der Waals surface area contributed by atoms with Crippen LogP contribution in [0.2, 0.25) is 0 Å². The van der Waals surface area contributed by atoms with Crippen molar-refractivity contribution in [1.29, 1.82) is 0 Å². The summed E-state index contributed by atoms with van der Waals surface area (Å²) in [5, 5.41) is 0. The molecule has 1 aliphatic carbocycles. The van der Waals surface area contributed by atoms with Gasteiger partial charge < -0.3 is 19.3 Å². The molecule has 0 aromatic heterocycles. The van der Waals surface area contributed by atoms with Gasteiger partial charge in [-0.15, -0.1) is 0 Å². The van der Waals surface area contributed by atoms with Crippen molar-refractivity contribution in [1.82, 2.24) is 19.0 Å². The highest BCUT2D eigenvalue weighted by Crippen LogP contribution is 2.28. The summed E-state index contributed by atoms with van der Waals surface area (Å²) in [5.41, 5.74) is 1.28. The highest BCUT2D eigenvalue weighted by atomic mass is 32.2. The third kappa shape index (κ3) is 6.98. The van der Waals surface area contributed by atoms with E-state index in [0.29, 0.717) is 22.9 Å². The molecule has 0 N–H and O–H groups in total. The molecule has 1 aliphatic heterocycles. The van der Waals surface area contributed by atoms with E-state index in [1.807, 2.05) is 11.9 Å². The molecule has 0 spiro atoms. The average Bonchev–Trinajstić information content (AvgIpc) is 2.85. The van der Waals surface area contributed by atoms with Gasteiger partial charge >= 0.3 is 0 Å². The van der Waals surface area contributed by atoms with E-state index >= 15 is 0 Å². The smallest absolute Gasteiger partial charge is 0.248 e. The molecule has 2 aliphatic rings. The first kappa shape index (κ1) is 28.8. The summed E-state index contributed by atoms with van der Waals surface area (Å²) in [6, 6.07) is 4.21. The van der Waals surface area contributed by atoms with Gasteiger partial charge in [-0.25, -0.2) is 8.42 Å². The largest absolute Gasteiger partial charge is 0.497 e. The standard InChI is InChI=1S/C26H44N4O5S/c1-20-16-24(34-6)17-21(2)26(20)36(32,33)28(4)14-15-35-19-25(31)29(5)22-8-7-9-23(18-22)30-12-10-27(3)11-13-30/h16-17,22-23H,7-15,18-19H2,1-6H3. The summed E-state index contributed by atoms with van der Waals surface area (Å²) < 4.78 is 38.4. The van der Waals surface area contributed by atoms with Crippen LogP contribution in [-0.2, 0) is 19.6 Å². The van der Waals surface area contributed by atoms with Gasteiger partial charge in [-0.2, -0.15) is 4.31 Å². The lowest BCUT2D eigenvalue weighted by molar-refractivity contribution is -0.138. The van der Waals surface area contributed by atoms with Gasteiger partial charge in [-0.1, -0.05) is 0 Å². The molecule has 3 rings (SSSR count). The number of hydrogen-bond donors (Lipinski definition) is 0. The summed E-state index contributed by atoms with van der Waals surface area (Å²) in [6.07, 6.45) is 4.36. The molecular formula is C26H44N4O5S. The lowest BCUT2D eigenvalue weighted by Gasteiger charge is -2.43. The second kappa shape index (κ2) is 12.7. The number of piperazine rings is 1. The summed E-state index contributed by atoms with van der Waals surface area (Å²) >= 11 is 0. The van der Waals surface area contributed by atoms with Crippen molar-refractivity contribution < 1.29 is 22.7 Å². The van der Waals surface area contributed by atoms with E-state index in [4.69, 9.17) is 9.47 Å². The van der Waals surface area contributed by atoms with Crippen molar-refractivity contribution in [2.75, 3.05) is 74.2 Å². The Labute approximate surface area is 217 Å². The van der Waals surface area contributed by atoms with Crippen molar-refractivity contribution in [3.8, 4) is 5.75 Å². The predicted molar refractivity (Wildman–Crippen MR) is 141 cm³/mol. The number of carbonyl (C=O) groups excluding carboxylic acids is 1. The first-order chi connectivity index (χ1) is 17.0. The third-order valence-electron chi connectivity index (χ3n) is 7.73. The highest BCUT2D eigenvalue weighted by Gasteiger charge is 2.32. The van der Waals surface area contributed by atoms with Gasteiger partial charge in [0.15, 0.2) is 0 Å². The van der Waals surface area contributed by atoms with Gasteiger partial charge in [0, 0.05) is 58.9 Å². The maximum absolute atomic E-state index is 13.1. The lowest BCUT2D eigenvalue weighted by atomic mass is 9.88. The van der Waals surface area contributed by atoms with Gasteiger partial charge in [0.1, 0.15) is 12.4 Å². The van der Waals surface area contributed by atoms with Crippen molar-refractivity contribution in [2.45, 2.75) is 56.5 Å². The third-order valence-corrected chi connectivity index (χ3v) is 9.89. The summed E-state index contributed by atoms with van der Waals surface area (Å²) in [4.78, 5) is 19.9. The number of rotatable bonds is 10. The number of sulfonamides is 1. The quantitative estimate of drug-likeness (QED) is 0.433. The minimum absolute atomic E-state index is 0.0410. The SMILES string of the molecule is COc1cc(C)c(S(=O)(=O)N(C)CCOCC(=O)N(C)C2CCCC(N3CCN(C)CC3)C2)c(C)c1. The molecule has 2 fully saturated rings. The fourth-order valence-corrected chi connectivity index (χ4v) is 6.94. The Morgan fingerprint density at radius 2 is 1.72 bits per heavy atom. The van der Waals surface area contributed by atoms with Crippen LogP contribution in [0.1, 0.15) is 36.8 Å². The maximum atomic E-state index is 13.1. The molecule has 2 unspecified atom stereocenters. The Morgan fingerprint density at radius 1 is 1.08 bits per heavy atom. The maximum Gasteiger partial charge on any atom is 0.248 e. The van der Waals surface area contributed by atoms with Crippen LogP contribution in [0.15, 0.2) is 17.0 Å². The Balaban J connectivity index is 1.46. The summed E-state index contributed by atoms with van der Waals surface area (Å²) in [5.74, 6) is 0.580. The predicted octanol–water partition coefficient (Wildman–Crippen LogP) is 1.97. The van der Waals surface area contributed by atoms with E-state index < -0.39 is 10.0 Å². The van der Waals surface area contributed by atoms with Crippen LogP contribution in [-0.4, -0.2) is 120 Å². The van der Waals surface area contributed by atoms with Crippen molar-refractivity contribution >= 4 is 15.9 Å². The molecule has 10 heteroatoms. The first-order valence-electron chi connectivity index (χ1n) is 12.9. The zero-order valence-corrected chi connectivity index (χ0v) is 23.6. The Morgan fingerprint density at radius 3 is 2.33 bits per heavy atom. The van der Waals surface area contributed by atoms with E-state index in [2.05, 4.69) is 16.8 Å². The van der Waals surface area contributed by atoms with E-state index in [-0.39, 0.29) is 36.6 Å². The molecule has 1 aromatic rings. The van der Waals surface area contributed by atoms with Crippen LogP contribution in [0.25, 0.3) is 0 Å². The molecule has 36 heavy (non-hydrogen) atoms. The Kier molecular flexibility index (Phi) is 10.2. The topological polar surface area (TPSA) is 82.6 Å². The van der Waals surface area contributed by atoms with Gasteiger partial charge in [-0.3, -0.25) is 9.69 Å². The second-order valence-corrected chi connectivity index (χ2v) is 12.3.